The summed E-state index contributed by atoms with van der Waals surface area (Å²) in [4.78, 5) is 15.3. The predicted molar refractivity (Wildman–Crippen MR) is 119 cm³/mol. The fourth-order valence-corrected chi connectivity index (χ4v) is 4.42. The second kappa shape index (κ2) is 8.74. The lowest BCUT2D eigenvalue weighted by Gasteiger charge is -2.33. The fourth-order valence-electron chi connectivity index (χ4n) is 4.42. The number of nitrogens with zero attached hydrogens (tertiary/aromatic N) is 1. The smallest absolute Gasteiger partial charge is 0.453 e. The highest BCUT2D eigenvalue weighted by atomic mass is 19.4. The highest BCUT2D eigenvalue weighted by Gasteiger charge is 2.41. The van der Waals surface area contributed by atoms with Crippen LogP contribution in [-0.2, 0) is 12.7 Å². The Labute approximate surface area is 189 Å². The van der Waals surface area contributed by atoms with Crippen molar-refractivity contribution in [3.8, 4) is 17.2 Å². The second-order valence-electron chi connectivity index (χ2n) is 8.77. The summed E-state index contributed by atoms with van der Waals surface area (Å²) in [7, 11) is 0. The van der Waals surface area contributed by atoms with E-state index in [9.17, 15) is 23.1 Å². The van der Waals surface area contributed by atoms with Gasteiger partial charge in [-0.25, -0.2) is 0 Å². The Morgan fingerprint density at radius 1 is 1.15 bits per heavy atom. The molecule has 1 aromatic heterocycles. The molecule has 1 fully saturated rings. The molecule has 0 amide bonds. The lowest BCUT2D eigenvalue weighted by Crippen LogP contribution is -2.36. The summed E-state index contributed by atoms with van der Waals surface area (Å²) >= 11 is 0. The fraction of sp³-hybridized carbons (Fsp3) is 0.400. The molecule has 0 aliphatic carbocycles. The van der Waals surface area contributed by atoms with Gasteiger partial charge in [0.15, 0.2) is 0 Å². The lowest BCUT2D eigenvalue weighted by atomic mass is 10.0. The molecule has 2 heterocycles. The van der Waals surface area contributed by atoms with E-state index in [0.29, 0.717) is 0 Å². The Kier molecular flexibility index (Phi) is 6.14. The van der Waals surface area contributed by atoms with Crippen molar-refractivity contribution in [2.75, 3.05) is 6.54 Å². The summed E-state index contributed by atoms with van der Waals surface area (Å²) < 4.78 is 52.8. The van der Waals surface area contributed by atoms with Gasteiger partial charge in [-0.05, 0) is 75.5 Å². The van der Waals surface area contributed by atoms with Gasteiger partial charge in [-0.2, -0.15) is 13.2 Å². The number of aromatic hydroxyl groups is 1. The molecule has 1 aliphatic rings. The molecular weight excluding hydrogens is 435 g/mol. The first-order valence-electron chi connectivity index (χ1n) is 10.9. The van der Waals surface area contributed by atoms with Gasteiger partial charge in [0.25, 0.3) is 5.76 Å². The third-order valence-electron chi connectivity index (χ3n) is 6.07. The summed E-state index contributed by atoms with van der Waals surface area (Å²) in [5.41, 5.74) is 0.536. The lowest BCUT2D eigenvalue weighted by molar-refractivity contribution is -0.154. The molecular formula is C25H26F3NO4. The summed E-state index contributed by atoms with van der Waals surface area (Å²) in [5, 5.41) is 10.4. The molecule has 0 saturated carbocycles. The topological polar surface area (TPSA) is 62.9 Å². The molecule has 33 heavy (non-hydrogen) atoms. The van der Waals surface area contributed by atoms with Crippen molar-refractivity contribution in [2.45, 2.75) is 58.8 Å². The Hall–Kier alpha value is -3.00. The van der Waals surface area contributed by atoms with E-state index in [0.717, 1.165) is 36.9 Å². The molecule has 1 aliphatic heterocycles. The van der Waals surface area contributed by atoms with Gasteiger partial charge < -0.3 is 14.3 Å². The van der Waals surface area contributed by atoms with Crippen molar-refractivity contribution < 1.29 is 27.4 Å². The Balaban J connectivity index is 1.89. The molecule has 1 atom stereocenters. The number of likely N-dealkylation sites (tertiary alicyclic amines) is 1. The van der Waals surface area contributed by atoms with Crippen LogP contribution >= 0.6 is 0 Å². The van der Waals surface area contributed by atoms with E-state index in [1.807, 2.05) is 13.0 Å². The number of phenolic OH excluding ortho intramolecular Hbond substituents is 1. The monoisotopic (exact) mass is 461 g/mol. The van der Waals surface area contributed by atoms with E-state index in [1.54, 1.807) is 26.0 Å². The number of phenols is 1. The molecule has 8 heteroatoms. The SMILES string of the molecule is Cc1cc(C)cc(Oc2c(C(F)(F)F)oc3c(CN4CCCC[C@H]4C)c(O)ccc3c2=O)c1. The summed E-state index contributed by atoms with van der Waals surface area (Å²) in [5.74, 6) is -2.52. The summed E-state index contributed by atoms with van der Waals surface area (Å²) in [6, 6.07) is 7.74. The van der Waals surface area contributed by atoms with Gasteiger partial charge in [-0.1, -0.05) is 12.5 Å². The number of halogens is 3. The summed E-state index contributed by atoms with van der Waals surface area (Å²) in [6.45, 7) is 6.53. The first-order valence-corrected chi connectivity index (χ1v) is 10.9. The quantitative estimate of drug-likeness (QED) is 0.494. The van der Waals surface area contributed by atoms with Crippen molar-refractivity contribution in [2.24, 2.45) is 0 Å². The number of fused-ring (bicyclic) bond motifs is 1. The average Bonchev–Trinajstić information content (AvgIpc) is 2.71. The number of alkyl halides is 3. The minimum Gasteiger partial charge on any atom is -0.507 e. The van der Waals surface area contributed by atoms with Crippen LogP contribution in [0.3, 0.4) is 0 Å². The zero-order valence-electron chi connectivity index (χ0n) is 18.8. The molecule has 2 aromatic carbocycles. The maximum absolute atomic E-state index is 14.0. The number of hydrogen-bond acceptors (Lipinski definition) is 5. The van der Waals surface area contributed by atoms with Crippen LogP contribution < -0.4 is 10.2 Å². The zero-order valence-corrected chi connectivity index (χ0v) is 18.8. The van der Waals surface area contributed by atoms with Crippen molar-refractivity contribution in [3.05, 3.63) is 63.0 Å². The van der Waals surface area contributed by atoms with Crippen LogP contribution in [0.1, 0.15) is 48.6 Å². The highest BCUT2D eigenvalue weighted by molar-refractivity contribution is 5.83. The number of rotatable bonds is 4. The van der Waals surface area contributed by atoms with E-state index in [4.69, 9.17) is 9.15 Å². The van der Waals surface area contributed by atoms with Gasteiger partial charge in [0, 0.05) is 12.6 Å². The number of benzene rings is 2. The largest absolute Gasteiger partial charge is 0.507 e. The van der Waals surface area contributed by atoms with E-state index in [1.165, 1.54) is 12.1 Å². The van der Waals surface area contributed by atoms with Crippen LogP contribution in [0.25, 0.3) is 11.0 Å². The standard InChI is InChI=1S/C25H26F3NO4/c1-14-10-15(2)12-17(11-14)32-23-21(31)18-7-8-20(30)19(13-29-9-5-4-6-16(29)3)22(18)33-24(23)25(26,27)28/h7-8,10-12,16,30H,4-6,9,13H2,1-3H3/t16-/m1/s1. The van der Waals surface area contributed by atoms with Crippen LogP contribution in [0, 0.1) is 13.8 Å². The molecule has 1 N–H and O–H groups in total. The minimum atomic E-state index is -4.97. The van der Waals surface area contributed by atoms with E-state index in [2.05, 4.69) is 4.90 Å². The second-order valence-corrected chi connectivity index (χ2v) is 8.77. The van der Waals surface area contributed by atoms with Crippen molar-refractivity contribution >= 4 is 11.0 Å². The highest BCUT2D eigenvalue weighted by Crippen LogP contribution is 2.40. The molecule has 1 saturated heterocycles. The Morgan fingerprint density at radius 3 is 2.48 bits per heavy atom. The maximum atomic E-state index is 14.0. The van der Waals surface area contributed by atoms with Crippen LogP contribution in [0.15, 0.2) is 39.5 Å². The van der Waals surface area contributed by atoms with E-state index < -0.39 is 23.1 Å². The first kappa shape index (κ1) is 23.2. The number of aryl methyl sites for hydroxylation is 2. The van der Waals surface area contributed by atoms with Crippen molar-refractivity contribution in [1.29, 1.82) is 0 Å². The predicted octanol–water partition coefficient (Wildman–Crippen LogP) is 6.30. The molecule has 5 nitrogen and oxygen atoms in total. The molecule has 0 spiro atoms. The van der Waals surface area contributed by atoms with Crippen LogP contribution in [0.5, 0.6) is 17.2 Å². The molecule has 176 valence electrons. The third-order valence-corrected chi connectivity index (χ3v) is 6.07. The summed E-state index contributed by atoms with van der Waals surface area (Å²) in [6.07, 6.45) is -1.98. The molecule has 4 rings (SSSR count). The maximum Gasteiger partial charge on any atom is 0.453 e. The van der Waals surface area contributed by atoms with Crippen molar-refractivity contribution in [1.82, 2.24) is 4.90 Å². The van der Waals surface area contributed by atoms with Crippen molar-refractivity contribution in [3.63, 3.8) is 0 Å². The molecule has 0 unspecified atom stereocenters. The Morgan fingerprint density at radius 2 is 1.85 bits per heavy atom. The Bertz CT molecular complexity index is 1230. The minimum absolute atomic E-state index is 0.0696. The van der Waals surface area contributed by atoms with E-state index >= 15 is 0 Å². The van der Waals surface area contributed by atoms with Crippen LogP contribution in [0.2, 0.25) is 0 Å². The first-order chi connectivity index (χ1) is 15.5. The number of hydrogen-bond donors (Lipinski definition) is 1. The third kappa shape index (κ3) is 4.71. The van der Waals surface area contributed by atoms with Gasteiger partial charge in [0.2, 0.25) is 11.2 Å². The zero-order chi connectivity index (χ0) is 23.9. The van der Waals surface area contributed by atoms with Gasteiger partial charge in [-0.15, -0.1) is 0 Å². The van der Waals surface area contributed by atoms with Crippen LogP contribution in [-0.4, -0.2) is 22.6 Å². The van der Waals surface area contributed by atoms with Gasteiger partial charge >= 0.3 is 6.18 Å². The molecule has 0 bridgehead atoms. The van der Waals surface area contributed by atoms with E-state index in [-0.39, 0.29) is 40.6 Å². The van der Waals surface area contributed by atoms with Crippen LogP contribution in [0.4, 0.5) is 13.2 Å². The molecule has 3 aromatic rings. The molecule has 0 radical (unpaired) electrons. The average molecular weight is 461 g/mol. The van der Waals surface area contributed by atoms with Gasteiger partial charge in [-0.3, -0.25) is 9.69 Å². The number of ether oxygens (including phenoxy) is 1. The normalized spacial score (nSPS) is 17.5. The van der Waals surface area contributed by atoms with Gasteiger partial charge in [0.1, 0.15) is 17.1 Å². The van der Waals surface area contributed by atoms with Gasteiger partial charge in [0.05, 0.1) is 10.9 Å². The number of piperidine rings is 1.